The van der Waals surface area contributed by atoms with Crippen LogP contribution < -0.4 is 9.80 Å². The van der Waals surface area contributed by atoms with Gasteiger partial charge in [-0.25, -0.2) is 0 Å². The lowest BCUT2D eigenvalue weighted by molar-refractivity contribution is -0.151. The first-order valence-electron chi connectivity index (χ1n) is 16.9. The molecule has 5 rings (SSSR count). The van der Waals surface area contributed by atoms with E-state index in [-0.39, 0.29) is 43.3 Å². The van der Waals surface area contributed by atoms with Crippen LogP contribution in [0.25, 0.3) is 0 Å². The van der Waals surface area contributed by atoms with Gasteiger partial charge in [-0.15, -0.1) is 13.2 Å². The van der Waals surface area contributed by atoms with Gasteiger partial charge in [0.15, 0.2) is 0 Å². The van der Waals surface area contributed by atoms with Crippen molar-refractivity contribution in [3.8, 4) is 0 Å². The molecule has 3 amide bonds. The van der Waals surface area contributed by atoms with Crippen LogP contribution in [0.15, 0.2) is 79.9 Å². The van der Waals surface area contributed by atoms with Gasteiger partial charge < -0.3 is 29.4 Å². The number of hydrogen-bond acceptors (Lipinski definition) is 6. The monoisotopic (exact) mass is 642 g/mol. The van der Waals surface area contributed by atoms with Crippen molar-refractivity contribution < 1.29 is 24.2 Å². The fourth-order valence-corrected chi connectivity index (χ4v) is 8.30. The number of aliphatic hydroxyl groups excluding tert-OH is 1. The van der Waals surface area contributed by atoms with Crippen molar-refractivity contribution in [2.75, 3.05) is 49.1 Å². The van der Waals surface area contributed by atoms with Crippen molar-refractivity contribution in [1.29, 1.82) is 0 Å². The van der Waals surface area contributed by atoms with Gasteiger partial charge >= 0.3 is 0 Å². The molecular formula is C38H50N4O5. The Morgan fingerprint density at radius 3 is 2.23 bits per heavy atom. The summed E-state index contributed by atoms with van der Waals surface area (Å²) in [5.41, 5.74) is 0.598. The summed E-state index contributed by atoms with van der Waals surface area (Å²) >= 11 is 0. The SMILES string of the molecule is C=CCN(Cc1ccccc1)C(=O)[C@@H]1[C@H]2C(=O)N(CCCO)C(C(=O)N(CC=C)c3ccc(N(CC)CC)cc3)C23CC(C)[C@@]1(C)O3. The third-order valence-electron chi connectivity index (χ3n) is 10.6. The number of rotatable bonds is 15. The lowest BCUT2D eigenvalue weighted by atomic mass is 9.62. The van der Waals surface area contributed by atoms with Gasteiger partial charge in [0.1, 0.15) is 11.6 Å². The highest BCUT2D eigenvalue weighted by atomic mass is 16.5. The molecule has 3 heterocycles. The molecule has 9 heteroatoms. The van der Waals surface area contributed by atoms with E-state index in [2.05, 4.69) is 38.8 Å². The van der Waals surface area contributed by atoms with Crippen molar-refractivity contribution >= 4 is 29.1 Å². The van der Waals surface area contributed by atoms with Crippen LogP contribution in [0.3, 0.4) is 0 Å². The molecule has 3 fully saturated rings. The highest BCUT2D eigenvalue weighted by Crippen LogP contribution is 2.65. The number of carbonyl (C=O) groups is 3. The van der Waals surface area contributed by atoms with Gasteiger partial charge in [-0.1, -0.05) is 49.4 Å². The molecule has 0 aliphatic carbocycles. The summed E-state index contributed by atoms with van der Waals surface area (Å²) in [6.45, 7) is 18.7. The topological polar surface area (TPSA) is 93.6 Å². The molecule has 0 radical (unpaired) electrons. The Hall–Kier alpha value is -3.95. The minimum absolute atomic E-state index is 0.0860. The minimum Gasteiger partial charge on any atom is -0.396 e. The Bertz CT molecular complexity index is 1460. The molecule has 2 bridgehead atoms. The average Bonchev–Trinajstić information content (AvgIpc) is 3.59. The zero-order valence-corrected chi connectivity index (χ0v) is 28.3. The molecule has 2 aromatic carbocycles. The van der Waals surface area contributed by atoms with E-state index in [4.69, 9.17) is 4.74 Å². The average molecular weight is 643 g/mol. The maximum atomic E-state index is 14.9. The van der Waals surface area contributed by atoms with Gasteiger partial charge in [0.2, 0.25) is 11.8 Å². The lowest BCUT2D eigenvalue weighted by Gasteiger charge is -2.39. The second-order valence-electron chi connectivity index (χ2n) is 13.2. The highest BCUT2D eigenvalue weighted by Gasteiger charge is 2.80. The Balaban J connectivity index is 1.55. The van der Waals surface area contributed by atoms with Gasteiger partial charge in [0.05, 0.1) is 17.4 Å². The third kappa shape index (κ3) is 5.89. The number of carbonyl (C=O) groups excluding carboxylic acids is 3. The highest BCUT2D eigenvalue weighted by molar-refractivity contribution is 6.05. The Morgan fingerprint density at radius 1 is 1.00 bits per heavy atom. The van der Waals surface area contributed by atoms with Crippen molar-refractivity contribution in [3.05, 3.63) is 85.5 Å². The fraction of sp³-hybridized carbons (Fsp3) is 0.500. The summed E-state index contributed by atoms with van der Waals surface area (Å²) in [7, 11) is 0. The maximum absolute atomic E-state index is 14.9. The molecule has 3 aliphatic heterocycles. The Morgan fingerprint density at radius 2 is 1.64 bits per heavy atom. The summed E-state index contributed by atoms with van der Waals surface area (Å²) in [6, 6.07) is 16.7. The van der Waals surface area contributed by atoms with Crippen LogP contribution >= 0.6 is 0 Å². The Kier molecular flexibility index (Phi) is 10.3. The van der Waals surface area contributed by atoms with Crippen LogP contribution in [0, 0.1) is 17.8 Å². The number of amides is 3. The van der Waals surface area contributed by atoms with Crippen LogP contribution in [0.5, 0.6) is 0 Å². The first-order chi connectivity index (χ1) is 22.6. The van der Waals surface area contributed by atoms with Gasteiger partial charge in [-0.2, -0.15) is 0 Å². The van der Waals surface area contributed by atoms with E-state index >= 15 is 0 Å². The summed E-state index contributed by atoms with van der Waals surface area (Å²) in [5.74, 6) is -2.41. The molecule has 0 saturated carbocycles. The lowest BCUT2D eigenvalue weighted by Crippen LogP contribution is -2.57. The summed E-state index contributed by atoms with van der Waals surface area (Å²) < 4.78 is 6.98. The van der Waals surface area contributed by atoms with Gasteiger partial charge in [-0.3, -0.25) is 14.4 Å². The molecule has 1 N–H and O–H groups in total. The predicted molar refractivity (Wildman–Crippen MR) is 185 cm³/mol. The molecule has 9 nitrogen and oxygen atoms in total. The minimum atomic E-state index is -1.19. The predicted octanol–water partition coefficient (Wildman–Crippen LogP) is 4.66. The number of aliphatic hydroxyl groups is 1. The Labute approximate surface area is 279 Å². The largest absolute Gasteiger partial charge is 0.396 e. The maximum Gasteiger partial charge on any atom is 0.253 e. The molecule has 3 saturated heterocycles. The van der Waals surface area contributed by atoms with Gasteiger partial charge in [0.25, 0.3) is 5.91 Å². The quantitative estimate of drug-likeness (QED) is 0.284. The van der Waals surface area contributed by atoms with Crippen LogP contribution in [0.2, 0.25) is 0 Å². The van der Waals surface area contributed by atoms with E-state index in [0.29, 0.717) is 31.6 Å². The van der Waals surface area contributed by atoms with E-state index in [1.165, 1.54) is 0 Å². The number of hydrogen-bond donors (Lipinski definition) is 1. The first-order valence-corrected chi connectivity index (χ1v) is 16.9. The van der Waals surface area contributed by atoms with E-state index in [1.54, 1.807) is 26.9 Å². The number of likely N-dealkylation sites (tertiary alicyclic amines) is 1. The van der Waals surface area contributed by atoms with Crippen LogP contribution in [0.4, 0.5) is 11.4 Å². The van der Waals surface area contributed by atoms with Crippen LogP contribution in [0.1, 0.15) is 46.1 Å². The summed E-state index contributed by atoms with van der Waals surface area (Å²) in [4.78, 5) is 51.3. The summed E-state index contributed by atoms with van der Waals surface area (Å²) in [6.07, 6.45) is 4.16. The third-order valence-corrected chi connectivity index (χ3v) is 10.6. The molecule has 6 atom stereocenters. The molecular weight excluding hydrogens is 592 g/mol. The number of nitrogens with zero attached hydrogens (tertiary/aromatic N) is 4. The van der Waals surface area contributed by atoms with Crippen LogP contribution in [-0.2, 0) is 25.7 Å². The molecule has 3 aliphatic rings. The second kappa shape index (κ2) is 14.0. The zero-order chi connectivity index (χ0) is 33.9. The smallest absolute Gasteiger partial charge is 0.253 e. The molecule has 252 valence electrons. The molecule has 47 heavy (non-hydrogen) atoms. The standard InChI is InChI=1S/C38H50N4O5/c1-7-21-40(26-28-15-12-11-13-16-28)34(44)31-32-35(45)42(23-14-24-43)33(38(32)25-27(5)37(31,6)47-38)36(46)41(22-8-2)30-19-17-29(18-20-30)39(9-3)10-4/h7-8,11-13,15-20,27,31-33,43H,1-2,9-10,14,21-26H2,3-6H3/t27?,31-,32-,33?,37+,38?/m0/s1. The number of ether oxygens (including phenoxy) is 1. The molecule has 2 aromatic rings. The van der Waals surface area contributed by atoms with E-state index in [0.717, 1.165) is 24.3 Å². The number of fused-ring (bicyclic) bond motifs is 1. The van der Waals surface area contributed by atoms with Crippen molar-refractivity contribution in [3.63, 3.8) is 0 Å². The molecule has 0 aromatic heterocycles. The first kappa shape index (κ1) is 34.4. The van der Waals surface area contributed by atoms with Crippen molar-refractivity contribution in [1.82, 2.24) is 9.80 Å². The summed E-state index contributed by atoms with van der Waals surface area (Å²) in [5, 5.41) is 9.80. The van der Waals surface area contributed by atoms with Crippen molar-refractivity contribution in [2.45, 2.75) is 64.3 Å². The molecule has 1 spiro atoms. The van der Waals surface area contributed by atoms with Crippen molar-refractivity contribution in [2.24, 2.45) is 17.8 Å². The van der Waals surface area contributed by atoms with E-state index in [9.17, 15) is 19.5 Å². The van der Waals surface area contributed by atoms with E-state index < -0.39 is 29.1 Å². The number of anilines is 2. The van der Waals surface area contributed by atoms with Gasteiger partial charge in [-0.05, 0) is 69.4 Å². The molecule has 3 unspecified atom stereocenters. The normalized spacial score (nSPS) is 27.4. The number of benzene rings is 2. The van der Waals surface area contributed by atoms with E-state index in [1.807, 2.05) is 61.5 Å². The zero-order valence-electron chi connectivity index (χ0n) is 28.3. The van der Waals surface area contributed by atoms with Gasteiger partial charge in [0, 0.05) is 57.3 Å². The fourth-order valence-electron chi connectivity index (χ4n) is 8.30. The van der Waals surface area contributed by atoms with Crippen LogP contribution in [-0.4, -0.2) is 89.2 Å². The second-order valence-corrected chi connectivity index (χ2v) is 13.2.